The van der Waals surface area contributed by atoms with E-state index in [0.29, 0.717) is 6.42 Å². The molecular formula is C13H14O. The molecule has 1 aromatic carbocycles. The molecule has 0 aliphatic carbocycles. The molecule has 0 unspecified atom stereocenters. The predicted molar refractivity (Wildman–Crippen MR) is 58.8 cm³/mol. The van der Waals surface area contributed by atoms with Crippen LogP contribution in [0.3, 0.4) is 0 Å². The normalized spacial score (nSPS) is 10.6. The highest BCUT2D eigenvalue weighted by Gasteiger charge is 1.84. The Morgan fingerprint density at radius 2 is 2.07 bits per heavy atom. The Labute approximate surface area is 85.1 Å². The van der Waals surface area contributed by atoms with Crippen molar-refractivity contribution in [1.82, 2.24) is 0 Å². The van der Waals surface area contributed by atoms with Crippen LogP contribution in [-0.4, -0.2) is 11.7 Å². The van der Waals surface area contributed by atoms with Crippen molar-refractivity contribution in [2.75, 3.05) is 6.61 Å². The van der Waals surface area contributed by atoms with Gasteiger partial charge in [0.05, 0.1) is 0 Å². The van der Waals surface area contributed by atoms with Gasteiger partial charge in [-0.2, -0.15) is 0 Å². The van der Waals surface area contributed by atoms with E-state index in [0.717, 1.165) is 11.1 Å². The van der Waals surface area contributed by atoms with E-state index in [1.165, 1.54) is 0 Å². The Kier molecular flexibility index (Phi) is 4.54. The van der Waals surface area contributed by atoms with Gasteiger partial charge in [-0.05, 0) is 31.6 Å². The molecule has 1 heteroatoms. The highest BCUT2D eigenvalue weighted by Crippen LogP contribution is 1.98. The summed E-state index contributed by atoms with van der Waals surface area (Å²) in [7, 11) is 0. The van der Waals surface area contributed by atoms with Crippen LogP contribution in [0.2, 0.25) is 0 Å². The van der Waals surface area contributed by atoms with E-state index in [4.69, 9.17) is 5.11 Å². The largest absolute Gasteiger partial charge is 0.396 e. The van der Waals surface area contributed by atoms with Gasteiger partial charge < -0.3 is 5.11 Å². The molecule has 0 atom stereocenters. The average molecular weight is 186 g/mol. The first-order valence-corrected chi connectivity index (χ1v) is 4.66. The molecule has 1 aromatic rings. The predicted octanol–water partition coefficient (Wildman–Crippen LogP) is 2.37. The zero-order valence-corrected chi connectivity index (χ0v) is 8.33. The lowest BCUT2D eigenvalue weighted by atomic mass is 10.2. The lowest BCUT2D eigenvalue weighted by molar-refractivity contribution is 0.299. The molecule has 0 fully saturated rings. The van der Waals surface area contributed by atoms with Crippen LogP contribution in [0.25, 0.3) is 0 Å². The summed E-state index contributed by atoms with van der Waals surface area (Å²) in [6.07, 6.45) is 2.55. The first-order valence-electron chi connectivity index (χ1n) is 4.66. The molecule has 1 rings (SSSR count). The van der Waals surface area contributed by atoms with E-state index in [9.17, 15) is 0 Å². The summed E-state index contributed by atoms with van der Waals surface area (Å²) in [6.45, 7) is 2.16. The topological polar surface area (TPSA) is 20.2 Å². The fraction of sp³-hybridized carbons (Fsp3) is 0.231. The van der Waals surface area contributed by atoms with Crippen LogP contribution in [0, 0.1) is 11.8 Å². The quantitative estimate of drug-likeness (QED) is 0.703. The molecule has 0 aliphatic heterocycles. The van der Waals surface area contributed by atoms with Crippen molar-refractivity contribution in [3.05, 3.63) is 47.5 Å². The van der Waals surface area contributed by atoms with E-state index in [-0.39, 0.29) is 6.61 Å². The van der Waals surface area contributed by atoms with Gasteiger partial charge in [-0.3, -0.25) is 0 Å². The number of aliphatic hydroxyl groups is 1. The second-order valence-corrected chi connectivity index (χ2v) is 3.10. The molecule has 0 spiro atoms. The average Bonchev–Trinajstić information content (AvgIpc) is 2.20. The highest BCUT2D eigenvalue weighted by molar-refractivity contribution is 5.37. The van der Waals surface area contributed by atoms with Gasteiger partial charge in [-0.15, -0.1) is 0 Å². The zero-order chi connectivity index (χ0) is 10.2. The van der Waals surface area contributed by atoms with Crippen molar-refractivity contribution in [1.29, 1.82) is 0 Å². The molecule has 72 valence electrons. The van der Waals surface area contributed by atoms with Crippen LogP contribution in [0.4, 0.5) is 0 Å². The van der Waals surface area contributed by atoms with Gasteiger partial charge in [0.1, 0.15) is 0 Å². The van der Waals surface area contributed by atoms with E-state index in [1.807, 2.05) is 43.3 Å². The van der Waals surface area contributed by atoms with E-state index >= 15 is 0 Å². The van der Waals surface area contributed by atoms with Crippen LogP contribution in [-0.2, 0) is 0 Å². The van der Waals surface area contributed by atoms with Crippen LogP contribution in [0.15, 0.2) is 42.0 Å². The van der Waals surface area contributed by atoms with Crippen LogP contribution in [0.1, 0.15) is 18.9 Å². The van der Waals surface area contributed by atoms with Crippen molar-refractivity contribution >= 4 is 0 Å². The van der Waals surface area contributed by atoms with Gasteiger partial charge in [-0.1, -0.05) is 35.6 Å². The van der Waals surface area contributed by atoms with Crippen molar-refractivity contribution < 1.29 is 5.11 Å². The van der Waals surface area contributed by atoms with Crippen molar-refractivity contribution in [2.45, 2.75) is 13.3 Å². The van der Waals surface area contributed by atoms with Gasteiger partial charge >= 0.3 is 0 Å². The number of hydrogen-bond donors (Lipinski definition) is 1. The number of rotatable bonds is 2. The fourth-order valence-corrected chi connectivity index (χ4v) is 1.01. The number of benzene rings is 1. The fourth-order valence-electron chi connectivity index (χ4n) is 1.01. The second-order valence-electron chi connectivity index (χ2n) is 3.10. The molecule has 0 aliphatic rings. The van der Waals surface area contributed by atoms with Gasteiger partial charge in [0.15, 0.2) is 0 Å². The summed E-state index contributed by atoms with van der Waals surface area (Å²) >= 11 is 0. The first-order chi connectivity index (χ1) is 6.83. The van der Waals surface area contributed by atoms with E-state index in [1.54, 1.807) is 0 Å². The Balaban J connectivity index is 2.61. The lowest BCUT2D eigenvalue weighted by Gasteiger charge is -1.91. The Morgan fingerprint density at radius 1 is 1.36 bits per heavy atom. The van der Waals surface area contributed by atoms with Crippen LogP contribution >= 0.6 is 0 Å². The summed E-state index contributed by atoms with van der Waals surface area (Å²) in [6, 6.07) is 9.85. The van der Waals surface area contributed by atoms with Gasteiger partial charge in [0, 0.05) is 12.2 Å². The molecule has 14 heavy (non-hydrogen) atoms. The Bertz CT molecular complexity index is 352. The maximum atomic E-state index is 8.66. The van der Waals surface area contributed by atoms with E-state index in [2.05, 4.69) is 11.8 Å². The summed E-state index contributed by atoms with van der Waals surface area (Å²) in [5.74, 6) is 5.99. The summed E-state index contributed by atoms with van der Waals surface area (Å²) in [4.78, 5) is 0. The molecule has 0 saturated heterocycles. The molecule has 0 heterocycles. The molecule has 1 N–H and O–H groups in total. The van der Waals surface area contributed by atoms with Crippen molar-refractivity contribution in [3.8, 4) is 11.8 Å². The standard InChI is InChI=1S/C13H14O/c1-12(10-11-14)6-5-9-13-7-3-2-4-8-13/h2-4,6-8,14H,10-11H2,1H3/b12-6-. The van der Waals surface area contributed by atoms with Crippen LogP contribution in [0.5, 0.6) is 0 Å². The summed E-state index contributed by atoms with van der Waals surface area (Å²) in [5, 5.41) is 8.66. The van der Waals surface area contributed by atoms with Gasteiger partial charge in [0.2, 0.25) is 0 Å². The number of allylic oxidation sites excluding steroid dienone is 1. The molecular weight excluding hydrogens is 172 g/mol. The number of aliphatic hydroxyl groups excluding tert-OH is 1. The molecule has 0 aromatic heterocycles. The smallest absolute Gasteiger partial charge is 0.0468 e. The third kappa shape index (κ3) is 3.93. The maximum absolute atomic E-state index is 8.66. The minimum Gasteiger partial charge on any atom is -0.396 e. The third-order valence-corrected chi connectivity index (χ3v) is 1.82. The minimum atomic E-state index is 0.190. The Morgan fingerprint density at radius 3 is 2.71 bits per heavy atom. The molecule has 0 radical (unpaired) electrons. The second kappa shape index (κ2) is 6.01. The molecule has 1 nitrogen and oxygen atoms in total. The van der Waals surface area contributed by atoms with Crippen molar-refractivity contribution in [3.63, 3.8) is 0 Å². The first kappa shape index (κ1) is 10.6. The van der Waals surface area contributed by atoms with Gasteiger partial charge in [0.25, 0.3) is 0 Å². The lowest BCUT2D eigenvalue weighted by Crippen LogP contribution is -1.82. The molecule has 0 saturated carbocycles. The molecule has 0 bridgehead atoms. The van der Waals surface area contributed by atoms with E-state index < -0.39 is 0 Å². The van der Waals surface area contributed by atoms with Crippen molar-refractivity contribution in [2.24, 2.45) is 0 Å². The summed E-state index contributed by atoms with van der Waals surface area (Å²) in [5.41, 5.74) is 2.12. The SMILES string of the molecule is C/C(=C/C#Cc1ccccc1)CCO. The molecule has 0 amide bonds. The number of hydrogen-bond acceptors (Lipinski definition) is 1. The van der Waals surface area contributed by atoms with Crippen LogP contribution < -0.4 is 0 Å². The monoisotopic (exact) mass is 186 g/mol. The van der Waals surface area contributed by atoms with Gasteiger partial charge in [-0.25, -0.2) is 0 Å². The zero-order valence-electron chi connectivity index (χ0n) is 8.33. The minimum absolute atomic E-state index is 0.190. The Hall–Kier alpha value is -1.52. The summed E-state index contributed by atoms with van der Waals surface area (Å²) < 4.78 is 0. The third-order valence-electron chi connectivity index (χ3n) is 1.82. The highest BCUT2D eigenvalue weighted by atomic mass is 16.2. The maximum Gasteiger partial charge on any atom is 0.0468 e.